The maximum Gasteiger partial charge on any atom is 0.0158 e. The molecule has 1 aliphatic carbocycles. The van der Waals surface area contributed by atoms with E-state index in [-0.39, 0.29) is 0 Å². The fourth-order valence-electron chi connectivity index (χ4n) is 2.47. The molecular weight excluding hydrogens is 202 g/mol. The predicted octanol–water partition coefficient (Wildman–Crippen LogP) is 3.69. The lowest BCUT2D eigenvalue weighted by molar-refractivity contribution is 0.399. The molecule has 1 fully saturated rings. The SMILES string of the molecule is CCC(CSC)NC1CCCC(C)CC1. The number of nitrogens with one attached hydrogen (secondary N) is 1. The normalized spacial score (nSPS) is 29.8. The lowest BCUT2D eigenvalue weighted by Crippen LogP contribution is -2.39. The molecule has 0 aliphatic heterocycles. The van der Waals surface area contributed by atoms with E-state index in [1.807, 2.05) is 11.8 Å². The van der Waals surface area contributed by atoms with Crippen molar-refractivity contribution in [2.45, 2.75) is 64.5 Å². The van der Waals surface area contributed by atoms with Crippen LogP contribution in [0, 0.1) is 5.92 Å². The van der Waals surface area contributed by atoms with E-state index in [0.717, 1.165) is 18.0 Å². The molecule has 1 rings (SSSR count). The van der Waals surface area contributed by atoms with Gasteiger partial charge in [-0.3, -0.25) is 0 Å². The third-order valence-electron chi connectivity index (χ3n) is 3.59. The third-order valence-corrected chi connectivity index (χ3v) is 4.33. The number of thioether (sulfide) groups is 1. The molecule has 3 atom stereocenters. The van der Waals surface area contributed by atoms with Crippen molar-refractivity contribution in [2.75, 3.05) is 12.0 Å². The van der Waals surface area contributed by atoms with Crippen molar-refractivity contribution in [3.05, 3.63) is 0 Å². The van der Waals surface area contributed by atoms with E-state index < -0.39 is 0 Å². The maximum atomic E-state index is 3.85. The smallest absolute Gasteiger partial charge is 0.0158 e. The first-order valence-electron chi connectivity index (χ1n) is 6.51. The second-order valence-corrected chi connectivity index (χ2v) is 5.95. The summed E-state index contributed by atoms with van der Waals surface area (Å²) in [5, 5.41) is 3.85. The highest BCUT2D eigenvalue weighted by molar-refractivity contribution is 7.98. The predicted molar refractivity (Wildman–Crippen MR) is 71.6 cm³/mol. The van der Waals surface area contributed by atoms with Gasteiger partial charge in [-0.05, 0) is 37.9 Å². The second-order valence-electron chi connectivity index (χ2n) is 5.04. The molecule has 1 aliphatic rings. The molecule has 1 N–H and O–H groups in total. The first-order chi connectivity index (χ1) is 7.26. The van der Waals surface area contributed by atoms with E-state index >= 15 is 0 Å². The van der Waals surface area contributed by atoms with Gasteiger partial charge in [-0.1, -0.05) is 26.7 Å². The maximum absolute atomic E-state index is 3.85. The van der Waals surface area contributed by atoms with Crippen LogP contribution in [-0.2, 0) is 0 Å². The van der Waals surface area contributed by atoms with Gasteiger partial charge in [-0.15, -0.1) is 0 Å². The molecule has 0 spiro atoms. The molecule has 15 heavy (non-hydrogen) atoms. The van der Waals surface area contributed by atoms with Gasteiger partial charge < -0.3 is 5.32 Å². The van der Waals surface area contributed by atoms with Crippen LogP contribution in [0.3, 0.4) is 0 Å². The van der Waals surface area contributed by atoms with Gasteiger partial charge in [-0.2, -0.15) is 11.8 Å². The van der Waals surface area contributed by atoms with Gasteiger partial charge in [0.25, 0.3) is 0 Å². The Morgan fingerprint density at radius 3 is 2.73 bits per heavy atom. The summed E-state index contributed by atoms with van der Waals surface area (Å²) in [4.78, 5) is 0. The van der Waals surface area contributed by atoms with Crippen LogP contribution in [0.2, 0.25) is 0 Å². The van der Waals surface area contributed by atoms with Crippen molar-refractivity contribution >= 4 is 11.8 Å². The van der Waals surface area contributed by atoms with Gasteiger partial charge in [0.1, 0.15) is 0 Å². The van der Waals surface area contributed by atoms with E-state index in [1.165, 1.54) is 44.3 Å². The average molecular weight is 229 g/mol. The molecule has 0 saturated heterocycles. The Labute approximate surface area is 99.8 Å². The van der Waals surface area contributed by atoms with Crippen LogP contribution >= 0.6 is 11.8 Å². The summed E-state index contributed by atoms with van der Waals surface area (Å²) in [7, 11) is 0. The van der Waals surface area contributed by atoms with Crippen LogP contribution in [0.5, 0.6) is 0 Å². The second kappa shape index (κ2) is 7.56. The van der Waals surface area contributed by atoms with Crippen molar-refractivity contribution < 1.29 is 0 Å². The van der Waals surface area contributed by atoms with Crippen LogP contribution in [0.25, 0.3) is 0 Å². The lowest BCUT2D eigenvalue weighted by Gasteiger charge is -2.23. The molecule has 0 aromatic carbocycles. The summed E-state index contributed by atoms with van der Waals surface area (Å²) in [5.41, 5.74) is 0. The van der Waals surface area contributed by atoms with Crippen LogP contribution in [0.1, 0.15) is 52.4 Å². The summed E-state index contributed by atoms with van der Waals surface area (Å²) in [6, 6.07) is 1.53. The molecule has 3 unspecified atom stereocenters. The summed E-state index contributed by atoms with van der Waals surface area (Å²) < 4.78 is 0. The summed E-state index contributed by atoms with van der Waals surface area (Å²) in [5.74, 6) is 2.22. The topological polar surface area (TPSA) is 12.0 Å². The quantitative estimate of drug-likeness (QED) is 0.722. The zero-order valence-electron chi connectivity index (χ0n) is 10.6. The van der Waals surface area contributed by atoms with Gasteiger partial charge in [0.2, 0.25) is 0 Å². The molecule has 0 heterocycles. The Hall–Kier alpha value is 0.310. The highest BCUT2D eigenvalue weighted by Gasteiger charge is 2.18. The van der Waals surface area contributed by atoms with E-state index in [1.54, 1.807) is 0 Å². The van der Waals surface area contributed by atoms with Crippen molar-refractivity contribution in [3.63, 3.8) is 0 Å². The van der Waals surface area contributed by atoms with E-state index in [0.29, 0.717) is 0 Å². The number of hydrogen-bond acceptors (Lipinski definition) is 2. The zero-order valence-corrected chi connectivity index (χ0v) is 11.4. The number of hydrogen-bond donors (Lipinski definition) is 1. The van der Waals surface area contributed by atoms with Crippen LogP contribution in [0.15, 0.2) is 0 Å². The Bertz CT molecular complexity index is 161. The Kier molecular flexibility index (Phi) is 6.74. The highest BCUT2D eigenvalue weighted by atomic mass is 32.2. The summed E-state index contributed by atoms with van der Waals surface area (Å²) >= 11 is 1.97. The Balaban J connectivity index is 2.29. The fourth-order valence-corrected chi connectivity index (χ4v) is 3.21. The Morgan fingerprint density at radius 2 is 2.07 bits per heavy atom. The highest BCUT2D eigenvalue weighted by Crippen LogP contribution is 2.23. The van der Waals surface area contributed by atoms with Gasteiger partial charge in [-0.25, -0.2) is 0 Å². The largest absolute Gasteiger partial charge is 0.310 e. The number of rotatable bonds is 5. The molecule has 0 aromatic rings. The summed E-state index contributed by atoms with van der Waals surface area (Å²) in [6.07, 6.45) is 10.6. The average Bonchev–Trinajstić information content (AvgIpc) is 2.43. The molecular formula is C13H27NS. The minimum Gasteiger partial charge on any atom is -0.310 e. The molecule has 0 amide bonds. The molecule has 0 aromatic heterocycles. The molecule has 0 radical (unpaired) electrons. The monoisotopic (exact) mass is 229 g/mol. The van der Waals surface area contributed by atoms with Gasteiger partial charge in [0.05, 0.1) is 0 Å². The Morgan fingerprint density at radius 1 is 1.27 bits per heavy atom. The van der Waals surface area contributed by atoms with Crippen LogP contribution < -0.4 is 5.32 Å². The van der Waals surface area contributed by atoms with E-state index in [9.17, 15) is 0 Å². The van der Waals surface area contributed by atoms with Crippen molar-refractivity contribution in [3.8, 4) is 0 Å². The first-order valence-corrected chi connectivity index (χ1v) is 7.90. The summed E-state index contributed by atoms with van der Waals surface area (Å²) in [6.45, 7) is 4.70. The van der Waals surface area contributed by atoms with Crippen molar-refractivity contribution in [1.29, 1.82) is 0 Å². The third kappa shape index (κ3) is 5.26. The lowest BCUT2D eigenvalue weighted by atomic mass is 10.0. The fraction of sp³-hybridized carbons (Fsp3) is 1.00. The van der Waals surface area contributed by atoms with E-state index in [4.69, 9.17) is 0 Å². The minimum atomic E-state index is 0.735. The first kappa shape index (κ1) is 13.4. The molecule has 90 valence electrons. The molecule has 0 bridgehead atoms. The van der Waals surface area contributed by atoms with E-state index in [2.05, 4.69) is 25.4 Å². The minimum absolute atomic E-state index is 0.735. The molecule has 1 saturated carbocycles. The van der Waals surface area contributed by atoms with Gasteiger partial charge >= 0.3 is 0 Å². The van der Waals surface area contributed by atoms with Crippen molar-refractivity contribution in [2.24, 2.45) is 5.92 Å². The van der Waals surface area contributed by atoms with Crippen LogP contribution in [0.4, 0.5) is 0 Å². The molecule has 2 heteroatoms. The molecule has 1 nitrogen and oxygen atoms in total. The standard InChI is InChI=1S/C13H27NS/c1-4-12(10-15-3)14-13-7-5-6-11(2)8-9-13/h11-14H,4-10H2,1-3H3. The zero-order chi connectivity index (χ0) is 11.1. The van der Waals surface area contributed by atoms with Gasteiger partial charge in [0.15, 0.2) is 0 Å². The van der Waals surface area contributed by atoms with Crippen molar-refractivity contribution in [1.82, 2.24) is 5.32 Å². The van der Waals surface area contributed by atoms with Crippen LogP contribution in [-0.4, -0.2) is 24.1 Å². The van der Waals surface area contributed by atoms with Gasteiger partial charge in [0, 0.05) is 17.8 Å².